The van der Waals surface area contributed by atoms with Gasteiger partial charge in [-0.1, -0.05) is 56.3 Å². The lowest BCUT2D eigenvalue weighted by atomic mass is 10.2. The third kappa shape index (κ3) is 5.06. The van der Waals surface area contributed by atoms with E-state index in [1.807, 2.05) is 30.3 Å². The standard InChI is InChI=1S/C18H23NO/c1-15(2)12-19-13-16-8-10-18(11-9-16)20-14-17-6-4-3-5-7-17/h3-11,15,19H,12-14H2,1-2H3. The third-order valence-corrected chi connectivity index (χ3v) is 3.05. The van der Waals surface area contributed by atoms with Crippen LogP contribution in [0, 0.1) is 5.92 Å². The molecule has 1 N–H and O–H groups in total. The van der Waals surface area contributed by atoms with Crippen LogP contribution in [0.1, 0.15) is 25.0 Å². The van der Waals surface area contributed by atoms with Crippen molar-refractivity contribution in [2.24, 2.45) is 5.92 Å². The largest absolute Gasteiger partial charge is 0.489 e. The van der Waals surface area contributed by atoms with Gasteiger partial charge in [-0.05, 0) is 35.7 Å². The Labute approximate surface area is 121 Å². The molecular formula is C18H23NO. The summed E-state index contributed by atoms with van der Waals surface area (Å²) in [5.41, 5.74) is 2.48. The van der Waals surface area contributed by atoms with E-state index in [1.165, 1.54) is 11.1 Å². The zero-order valence-corrected chi connectivity index (χ0v) is 12.3. The molecule has 20 heavy (non-hydrogen) atoms. The van der Waals surface area contributed by atoms with Crippen molar-refractivity contribution in [1.82, 2.24) is 5.32 Å². The highest BCUT2D eigenvalue weighted by Crippen LogP contribution is 2.14. The van der Waals surface area contributed by atoms with Crippen LogP contribution in [0.4, 0.5) is 0 Å². The molecule has 0 heterocycles. The molecule has 0 aliphatic heterocycles. The Kier molecular flexibility index (Phi) is 5.63. The number of hydrogen-bond donors (Lipinski definition) is 1. The van der Waals surface area contributed by atoms with Crippen molar-refractivity contribution >= 4 is 0 Å². The second-order valence-electron chi connectivity index (χ2n) is 5.44. The van der Waals surface area contributed by atoms with Gasteiger partial charge in [-0.3, -0.25) is 0 Å². The maximum atomic E-state index is 5.77. The van der Waals surface area contributed by atoms with E-state index in [0.717, 1.165) is 18.8 Å². The molecule has 2 rings (SSSR count). The summed E-state index contributed by atoms with van der Waals surface area (Å²) in [6, 6.07) is 18.5. The molecule has 0 saturated heterocycles. The molecule has 0 spiro atoms. The van der Waals surface area contributed by atoms with Crippen molar-refractivity contribution in [3.05, 3.63) is 65.7 Å². The highest BCUT2D eigenvalue weighted by atomic mass is 16.5. The Morgan fingerprint density at radius 3 is 2.25 bits per heavy atom. The predicted octanol–water partition coefficient (Wildman–Crippen LogP) is 4.01. The summed E-state index contributed by atoms with van der Waals surface area (Å²) in [6.07, 6.45) is 0. The Morgan fingerprint density at radius 2 is 1.60 bits per heavy atom. The zero-order valence-electron chi connectivity index (χ0n) is 12.3. The summed E-state index contributed by atoms with van der Waals surface area (Å²) in [4.78, 5) is 0. The fourth-order valence-electron chi connectivity index (χ4n) is 1.95. The fourth-order valence-corrected chi connectivity index (χ4v) is 1.95. The van der Waals surface area contributed by atoms with Crippen LogP contribution in [0.15, 0.2) is 54.6 Å². The summed E-state index contributed by atoms with van der Waals surface area (Å²) in [5, 5.41) is 3.44. The van der Waals surface area contributed by atoms with Crippen LogP contribution in [0.2, 0.25) is 0 Å². The van der Waals surface area contributed by atoms with Crippen molar-refractivity contribution in [3.63, 3.8) is 0 Å². The first-order chi connectivity index (χ1) is 9.74. The van der Waals surface area contributed by atoms with Gasteiger partial charge in [-0.15, -0.1) is 0 Å². The Bertz CT molecular complexity index is 491. The van der Waals surface area contributed by atoms with Gasteiger partial charge >= 0.3 is 0 Å². The number of nitrogens with one attached hydrogen (secondary N) is 1. The van der Waals surface area contributed by atoms with Crippen molar-refractivity contribution in [2.45, 2.75) is 27.0 Å². The molecule has 2 nitrogen and oxygen atoms in total. The van der Waals surface area contributed by atoms with Crippen molar-refractivity contribution in [3.8, 4) is 5.75 Å². The van der Waals surface area contributed by atoms with Crippen molar-refractivity contribution in [1.29, 1.82) is 0 Å². The van der Waals surface area contributed by atoms with Gasteiger partial charge in [0.05, 0.1) is 0 Å². The molecule has 2 aromatic carbocycles. The SMILES string of the molecule is CC(C)CNCc1ccc(OCc2ccccc2)cc1. The minimum Gasteiger partial charge on any atom is -0.489 e. The quantitative estimate of drug-likeness (QED) is 0.820. The van der Waals surface area contributed by atoms with Crippen LogP contribution < -0.4 is 10.1 Å². The molecule has 2 aromatic rings. The Morgan fingerprint density at radius 1 is 0.900 bits per heavy atom. The van der Waals surface area contributed by atoms with Crippen LogP contribution >= 0.6 is 0 Å². The van der Waals surface area contributed by atoms with Crippen LogP contribution in [-0.2, 0) is 13.2 Å². The number of hydrogen-bond acceptors (Lipinski definition) is 2. The van der Waals surface area contributed by atoms with Gasteiger partial charge < -0.3 is 10.1 Å². The highest BCUT2D eigenvalue weighted by Gasteiger charge is 1.98. The minimum atomic E-state index is 0.617. The molecule has 0 bridgehead atoms. The molecule has 0 fully saturated rings. The first kappa shape index (κ1) is 14.6. The maximum absolute atomic E-state index is 5.77. The predicted molar refractivity (Wildman–Crippen MR) is 83.8 cm³/mol. The second-order valence-corrected chi connectivity index (χ2v) is 5.44. The van der Waals surface area contributed by atoms with Crippen LogP contribution in [0.3, 0.4) is 0 Å². The van der Waals surface area contributed by atoms with Crippen LogP contribution in [0.5, 0.6) is 5.75 Å². The molecule has 0 atom stereocenters. The fraction of sp³-hybridized carbons (Fsp3) is 0.333. The van der Waals surface area contributed by atoms with Gasteiger partial charge in [0.1, 0.15) is 12.4 Å². The molecule has 0 aliphatic rings. The molecule has 0 radical (unpaired) electrons. The van der Waals surface area contributed by atoms with E-state index in [-0.39, 0.29) is 0 Å². The van der Waals surface area contributed by atoms with E-state index in [2.05, 4.69) is 43.4 Å². The smallest absolute Gasteiger partial charge is 0.119 e. The highest BCUT2D eigenvalue weighted by molar-refractivity contribution is 5.27. The van der Waals surface area contributed by atoms with Gasteiger partial charge in [0.2, 0.25) is 0 Å². The molecule has 2 heteroatoms. The average Bonchev–Trinajstić information content (AvgIpc) is 2.47. The van der Waals surface area contributed by atoms with Gasteiger partial charge in [0.15, 0.2) is 0 Å². The molecular weight excluding hydrogens is 246 g/mol. The van der Waals surface area contributed by atoms with E-state index >= 15 is 0 Å². The van der Waals surface area contributed by atoms with Crippen molar-refractivity contribution < 1.29 is 4.74 Å². The second kappa shape index (κ2) is 7.71. The molecule has 0 saturated carbocycles. The normalized spacial score (nSPS) is 10.8. The number of rotatable bonds is 7. The minimum absolute atomic E-state index is 0.617. The molecule has 0 unspecified atom stereocenters. The average molecular weight is 269 g/mol. The number of ether oxygens (including phenoxy) is 1. The topological polar surface area (TPSA) is 21.3 Å². The Hall–Kier alpha value is -1.80. The summed E-state index contributed by atoms with van der Waals surface area (Å²) < 4.78 is 5.77. The van der Waals surface area contributed by atoms with Gasteiger partial charge in [-0.2, -0.15) is 0 Å². The van der Waals surface area contributed by atoms with E-state index in [9.17, 15) is 0 Å². The lowest BCUT2D eigenvalue weighted by Crippen LogP contribution is -2.18. The molecule has 106 valence electrons. The van der Waals surface area contributed by atoms with Gasteiger partial charge in [0.25, 0.3) is 0 Å². The van der Waals surface area contributed by atoms with E-state index in [0.29, 0.717) is 12.5 Å². The van der Waals surface area contributed by atoms with E-state index in [1.54, 1.807) is 0 Å². The molecule has 0 aromatic heterocycles. The van der Waals surface area contributed by atoms with Crippen molar-refractivity contribution in [2.75, 3.05) is 6.54 Å². The van der Waals surface area contributed by atoms with Crippen LogP contribution in [-0.4, -0.2) is 6.54 Å². The molecule has 0 aliphatic carbocycles. The van der Waals surface area contributed by atoms with E-state index in [4.69, 9.17) is 4.74 Å². The lowest BCUT2D eigenvalue weighted by molar-refractivity contribution is 0.306. The summed E-state index contributed by atoms with van der Waals surface area (Å²) >= 11 is 0. The first-order valence-corrected chi connectivity index (χ1v) is 7.20. The van der Waals surface area contributed by atoms with Crippen LogP contribution in [0.25, 0.3) is 0 Å². The van der Waals surface area contributed by atoms with E-state index < -0.39 is 0 Å². The van der Waals surface area contributed by atoms with Gasteiger partial charge in [-0.25, -0.2) is 0 Å². The zero-order chi connectivity index (χ0) is 14.2. The first-order valence-electron chi connectivity index (χ1n) is 7.20. The monoisotopic (exact) mass is 269 g/mol. The summed E-state index contributed by atoms with van der Waals surface area (Å²) in [7, 11) is 0. The molecule has 0 amide bonds. The number of benzene rings is 2. The Balaban J connectivity index is 1.79. The maximum Gasteiger partial charge on any atom is 0.119 e. The lowest BCUT2D eigenvalue weighted by Gasteiger charge is -2.09. The third-order valence-electron chi connectivity index (χ3n) is 3.05. The summed E-state index contributed by atoms with van der Waals surface area (Å²) in [5.74, 6) is 1.60. The van der Waals surface area contributed by atoms with Gasteiger partial charge in [0, 0.05) is 6.54 Å². The summed E-state index contributed by atoms with van der Waals surface area (Å²) in [6.45, 7) is 7.01.